The second-order valence-electron chi connectivity index (χ2n) is 4.02. The van der Waals surface area contributed by atoms with E-state index in [1.165, 1.54) is 7.11 Å². The van der Waals surface area contributed by atoms with Crippen LogP contribution in [0.3, 0.4) is 0 Å². The van der Waals surface area contributed by atoms with Crippen molar-refractivity contribution in [3.8, 4) is 5.75 Å². The Balaban J connectivity index is 0.00000220. The quantitative estimate of drug-likeness (QED) is 0.679. The summed E-state index contributed by atoms with van der Waals surface area (Å²) >= 11 is 0. The van der Waals surface area contributed by atoms with Gasteiger partial charge in [0, 0.05) is 5.56 Å². The van der Waals surface area contributed by atoms with Gasteiger partial charge < -0.3 is 24.9 Å². The van der Waals surface area contributed by atoms with E-state index in [4.69, 9.17) is 4.74 Å². The van der Waals surface area contributed by atoms with E-state index in [1.807, 2.05) is 0 Å². The molecule has 21 heavy (non-hydrogen) atoms. The molecule has 0 amide bonds. The SMILES string of the molecule is C=c1[nH]c(=O)/c(=C\c2ccccc2OCC(=O)OC)[nH]1.O. The number of hydrogen-bond acceptors (Lipinski definition) is 4. The summed E-state index contributed by atoms with van der Waals surface area (Å²) in [6, 6.07) is 7.06. The molecule has 0 spiro atoms. The van der Waals surface area contributed by atoms with Gasteiger partial charge in [0.25, 0.3) is 5.56 Å². The van der Waals surface area contributed by atoms with Crippen molar-refractivity contribution < 1.29 is 19.7 Å². The Morgan fingerprint density at radius 3 is 2.67 bits per heavy atom. The van der Waals surface area contributed by atoms with Gasteiger partial charge in [-0.15, -0.1) is 0 Å². The fraction of sp³-hybridized carbons (Fsp3) is 0.143. The molecule has 0 atom stereocenters. The van der Waals surface area contributed by atoms with Gasteiger partial charge in [-0.1, -0.05) is 24.8 Å². The van der Waals surface area contributed by atoms with Gasteiger partial charge in [0.05, 0.1) is 7.11 Å². The second-order valence-corrected chi connectivity index (χ2v) is 4.02. The fourth-order valence-corrected chi connectivity index (χ4v) is 1.64. The molecule has 0 aliphatic heterocycles. The Hall–Kier alpha value is -2.80. The molecular formula is C14H16N2O5. The van der Waals surface area contributed by atoms with Crippen molar-refractivity contribution in [2.75, 3.05) is 13.7 Å². The first-order valence-corrected chi connectivity index (χ1v) is 5.88. The number of esters is 1. The van der Waals surface area contributed by atoms with Gasteiger partial charge in [0.15, 0.2) is 6.61 Å². The molecule has 1 aromatic heterocycles. The van der Waals surface area contributed by atoms with E-state index in [1.54, 1.807) is 30.3 Å². The van der Waals surface area contributed by atoms with Crippen molar-refractivity contribution in [2.45, 2.75) is 0 Å². The number of H-pyrrole nitrogens is 2. The molecule has 0 fully saturated rings. The van der Waals surface area contributed by atoms with Gasteiger partial charge in [0.2, 0.25) is 0 Å². The molecule has 0 aliphatic carbocycles. The number of benzene rings is 1. The Bertz CT molecular complexity index is 775. The number of rotatable bonds is 4. The summed E-state index contributed by atoms with van der Waals surface area (Å²) in [5.41, 5.74) is 0.829. The largest absolute Gasteiger partial charge is 0.481 e. The summed E-state index contributed by atoms with van der Waals surface area (Å²) in [6.07, 6.45) is 1.63. The highest BCUT2D eigenvalue weighted by atomic mass is 16.6. The smallest absolute Gasteiger partial charge is 0.343 e. The first kappa shape index (κ1) is 16.3. The molecule has 112 valence electrons. The summed E-state index contributed by atoms with van der Waals surface area (Å²) < 4.78 is 9.87. The van der Waals surface area contributed by atoms with E-state index in [0.29, 0.717) is 22.1 Å². The molecule has 0 saturated heterocycles. The molecule has 7 nitrogen and oxygen atoms in total. The fourth-order valence-electron chi connectivity index (χ4n) is 1.64. The maximum atomic E-state index is 11.6. The summed E-state index contributed by atoms with van der Waals surface area (Å²) in [6.45, 7) is 3.42. The molecule has 1 aromatic carbocycles. The van der Waals surface area contributed by atoms with E-state index in [2.05, 4.69) is 21.3 Å². The topological polar surface area (TPSA) is 116 Å². The number of ether oxygens (including phenoxy) is 2. The van der Waals surface area contributed by atoms with Gasteiger partial charge in [0.1, 0.15) is 16.6 Å². The monoisotopic (exact) mass is 292 g/mol. The molecule has 7 heteroatoms. The number of nitrogens with one attached hydrogen (secondary N) is 2. The molecular weight excluding hydrogens is 276 g/mol. The lowest BCUT2D eigenvalue weighted by Crippen LogP contribution is -2.23. The Labute approximate surface area is 119 Å². The number of aromatic amines is 2. The number of hydrogen-bond donors (Lipinski definition) is 2. The van der Waals surface area contributed by atoms with Crippen LogP contribution in [0.5, 0.6) is 5.75 Å². The van der Waals surface area contributed by atoms with E-state index >= 15 is 0 Å². The summed E-state index contributed by atoms with van der Waals surface area (Å²) in [5, 5.41) is 0.365. The lowest BCUT2D eigenvalue weighted by molar-refractivity contribution is -0.142. The van der Waals surface area contributed by atoms with Crippen LogP contribution in [0.4, 0.5) is 0 Å². The van der Waals surface area contributed by atoms with Crippen molar-refractivity contribution >= 4 is 18.6 Å². The predicted molar refractivity (Wildman–Crippen MR) is 77.3 cm³/mol. The van der Waals surface area contributed by atoms with E-state index in [0.717, 1.165) is 0 Å². The highest BCUT2D eigenvalue weighted by Gasteiger charge is 2.05. The van der Waals surface area contributed by atoms with Gasteiger partial charge in [-0.2, -0.15) is 0 Å². The van der Waals surface area contributed by atoms with Gasteiger partial charge >= 0.3 is 5.97 Å². The van der Waals surface area contributed by atoms with Crippen LogP contribution in [0.2, 0.25) is 0 Å². The standard InChI is InChI=1S/C14H14N2O4.H2O/c1-9-15-11(14(18)16-9)7-10-5-3-4-6-12(10)20-8-13(17)19-2;/h3-7,15H,1,8H2,2H3,(H,16,18);1H2/b11-7+;. The normalized spacial score (nSPS) is 10.8. The van der Waals surface area contributed by atoms with Gasteiger partial charge in [-0.25, -0.2) is 4.79 Å². The number of carbonyl (C=O) groups excluding carboxylic acids is 1. The Kier molecular flexibility index (Phi) is 5.50. The molecule has 0 bridgehead atoms. The Morgan fingerprint density at radius 2 is 2.05 bits per heavy atom. The zero-order chi connectivity index (χ0) is 14.5. The van der Waals surface area contributed by atoms with Crippen LogP contribution in [0, 0.1) is 0 Å². The van der Waals surface area contributed by atoms with Gasteiger partial charge in [-0.3, -0.25) is 4.79 Å². The maximum absolute atomic E-state index is 11.6. The van der Waals surface area contributed by atoms with Crippen LogP contribution in [-0.4, -0.2) is 35.1 Å². The number of methoxy groups -OCH3 is 1. The van der Waals surface area contributed by atoms with Crippen LogP contribution in [0.25, 0.3) is 12.7 Å². The summed E-state index contributed by atoms with van der Waals surface area (Å²) in [4.78, 5) is 28.0. The maximum Gasteiger partial charge on any atom is 0.343 e. The third-order valence-corrected chi connectivity index (χ3v) is 2.59. The average Bonchev–Trinajstić information content (AvgIpc) is 2.75. The molecule has 2 aromatic rings. The minimum Gasteiger partial charge on any atom is -0.481 e. The molecule has 0 unspecified atom stereocenters. The minimum absolute atomic E-state index is 0. The number of carbonyl (C=O) groups is 1. The highest BCUT2D eigenvalue weighted by molar-refractivity contribution is 5.71. The highest BCUT2D eigenvalue weighted by Crippen LogP contribution is 2.18. The van der Waals surface area contributed by atoms with Crippen molar-refractivity contribution in [1.29, 1.82) is 0 Å². The lowest BCUT2D eigenvalue weighted by atomic mass is 10.2. The van der Waals surface area contributed by atoms with Crippen molar-refractivity contribution in [2.24, 2.45) is 0 Å². The predicted octanol–water partition coefficient (Wildman–Crippen LogP) is -1.33. The van der Waals surface area contributed by atoms with Crippen LogP contribution < -0.4 is 21.1 Å². The van der Waals surface area contributed by atoms with Gasteiger partial charge in [-0.05, 0) is 12.1 Å². The molecule has 0 saturated carbocycles. The van der Waals surface area contributed by atoms with Crippen LogP contribution >= 0.6 is 0 Å². The number of para-hydroxylation sites is 1. The van der Waals surface area contributed by atoms with E-state index in [-0.39, 0.29) is 17.6 Å². The van der Waals surface area contributed by atoms with Crippen LogP contribution in [-0.2, 0) is 9.53 Å². The third-order valence-electron chi connectivity index (χ3n) is 2.59. The zero-order valence-electron chi connectivity index (χ0n) is 11.4. The third kappa shape index (κ3) is 4.08. The lowest BCUT2D eigenvalue weighted by Gasteiger charge is -2.07. The second kappa shape index (κ2) is 7.11. The molecule has 0 radical (unpaired) electrons. The number of aromatic nitrogens is 2. The Morgan fingerprint density at radius 1 is 1.33 bits per heavy atom. The summed E-state index contributed by atoms with van der Waals surface area (Å²) in [7, 11) is 1.29. The molecule has 0 aliphatic rings. The first-order chi connectivity index (χ1) is 9.60. The zero-order valence-corrected chi connectivity index (χ0v) is 11.4. The van der Waals surface area contributed by atoms with E-state index < -0.39 is 5.97 Å². The average molecular weight is 292 g/mol. The summed E-state index contributed by atoms with van der Waals surface area (Å²) in [5.74, 6) is 0.00933. The van der Waals surface area contributed by atoms with Crippen LogP contribution in [0.15, 0.2) is 29.1 Å². The molecule has 4 N–H and O–H groups in total. The van der Waals surface area contributed by atoms with E-state index in [9.17, 15) is 9.59 Å². The van der Waals surface area contributed by atoms with Crippen molar-refractivity contribution in [1.82, 2.24) is 9.97 Å². The molecule has 2 rings (SSSR count). The van der Waals surface area contributed by atoms with Crippen molar-refractivity contribution in [3.05, 3.63) is 51.0 Å². The van der Waals surface area contributed by atoms with Crippen LogP contribution in [0.1, 0.15) is 5.56 Å². The van der Waals surface area contributed by atoms with Crippen molar-refractivity contribution in [3.63, 3.8) is 0 Å². The number of imidazole rings is 1. The molecule has 1 heterocycles. The minimum atomic E-state index is -0.474. The first-order valence-electron chi connectivity index (χ1n) is 5.88.